The van der Waals surface area contributed by atoms with Gasteiger partial charge >= 0.3 is 16.1 Å². The van der Waals surface area contributed by atoms with E-state index in [4.69, 9.17) is 62.5 Å². The number of aliphatic imine (C=N–C) groups is 1. The molecule has 1 saturated heterocycles. The summed E-state index contributed by atoms with van der Waals surface area (Å²) in [6, 6.07) is 8.46. The van der Waals surface area contributed by atoms with Crippen LogP contribution in [0.4, 0.5) is 23.2 Å². The number of carbonyl (C=O) groups is 4. The molecule has 0 bridgehead atoms. The number of benzene rings is 2. The largest absolute Gasteiger partial charge is 0.420 e. The number of nitrogens with two attached hydrogens (primary N) is 1. The van der Waals surface area contributed by atoms with Crippen molar-refractivity contribution in [2.24, 2.45) is 10.7 Å². The van der Waals surface area contributed by atoms with E-state index in [0.29, 0.717) is 142 Å². The van der Waals surface area contributed by atoms with Crippen LogP contribution in [0.5, 0.6) is 5.75 Å². The number of pyridine rings is 1. The molecular formula is C56H76F4N6O19S. The van der Waals surface area contributed by atoms with Crippen LogP contribution in [0.2, 0.25) is 0 Å². The number of fused-ring (bicyclic) bond motifs is 1. The highest BCUT2D eigenvalue weighted by molar-refractivity contribution is 7.85. The summed E-state index contributed by atoms with van der Waals surface area (Å²) in [4.78, 5) is 65.7. The fraction of sp³-hybridized carbons (Fsp3) is 0.571. The average Bonchev–Trinajstić information content (AvgIpc) is 1.29. The molecule has 1 aromatic heterocycles. The van der Waals surface area contributed by atoms with Gasteiger partial charge in [0.2, 0.25) is 23.3 Å². The van der Waals surface area contributed by atoms with Crippen LogP contribution in [-0.4, -0.2) is 222 Å². The van der Waals surface area contributed by atoms with Gasteiger partial charge in [-0.15, -0.1) is 0 Å². The Kier molecular flexibility index (Phi) is 32.0. The van der Waals surface area contributed by atoms with Crippen LogP contribution in [0.25, 0.3) is 17.2 Å². The monoisotopic (exact) mass is 1240 g/mol. The maximum absolute atomic E-state index is 14.0. The van der Waals surface area contributed by atoms with Gasteiger partial charge in [-0.1, -0.05) is 25.1 Å². The van der Waals surface area contributed by atoms with Crippen molar-refractivity contribution in [1.82, 2.24) is 20.3 Å². The number of nitrogens with one attached hydrogen (secondary N) is 1. The third-order valence-electron chi connectivity index (χ3n) is 12.3. The maximum atomic E-state index is 14.0. The molecule has 4 N–H and O–H groups in total. The predicted octanol–water partition coefficient (Wildman–Crippen LogP) is 4.40. The summed E-state index contributed by atoms with van der Waals surface area (Å²) in [6.45, 7) is 11.0. The first-order valence-corrected chi connectivity index (χ1v) is 29.5. The van der Waals surface area contributed by atoms with Crippen molar-refractivity contribution in [1.29, 1.82) is 0 Å². The number of hydrogen-bond acceptors (Lipinski definition) is 21. The van der Waals surface area contributed by atoms with E-state index in [0.717, 1.165) is 23.1 Å². The zero-order valence-corrected chi connectivity index (χ0v) is 49.0. The SMILES string of the molecule is CCCN(OCC)C(=O)C1=Cc2ccc(-c3ccc(C(=O)N4CCC[C@H]4C(=O)NCCOCCOCCOCCOCCOCCOCCOCCOCCOCCOCCC(=O)Oc4c(F)c(F)c(S(=O)(=O)O)c(F)c4F)nc3)cc2N=C(N)C1. The molecule has 86 heavy (non-hydrogen) atoms. The summed E-state index contributed by atoms with van der Waals surface area (Å²) in [6.07, 6.45) is 4.96. The van der Waals surface area contributed by atoms with Gasteiger partial charge in [-0.05, 0) is 50.0 Å². The van der Waals surface area contributed by atoms with Gasteiger partial charge in [-0.25, -0.2) is 18.8 Å². The Labute approximate surface area is 496 Å². The van der Waals surface area contributed by atoms with Crippen molar-refractivity contribution in [2.45, 2.75) is 56.9 Å². The lowest BCUT2D eigenvalue weighted by molar-refractivity contribution is -0.180. The van der Waals surface area contributed by atoms with Crippen molar-refractivity contribution in [2.75, 3.05) is 158 Å². The Morgan fingerprint density at radius 2 is 1.20 bits per heavy atom. The quantitative estimate of drug-likeness (QED) is 0.0134. The standard InChI is InChI=1S/C56H76F4N6O19S/c1-3-13-66(84-4-2)55(69)42-35-40-8-7-39(36-44(40)64-46(61)37-42)41-9-10-43(63-38-41)56(70)65-14-5-6-45(65)54(68)62-12-16-75-18-20-77-22-24-79-26-28-81-30-32-83-34-33-82-31-29-80-27-25-78-23-21-76-19-17-74-15-11-47(67)85-52-48(57)50(59)53(86(71,72)73)51(60)49(52)58/h7-10,35-36,38,45H,3-6,11-34,37H2,1-2H3,(H2,61,64)(H,62,68)(H,71,72,73)/t45-/m0/s1. The van der Waals surface area contributed by atoms with Gasteiger partial charge in [0.25, 0.3) is 11.8 Å². The van der Waals surface area contributed by atoms with E-state index in [1.807, 2.05) is 32.0 Å². The number of aromatic nitrogens is 1. The molecule has 3 heterocycles. The second-order valence-corrected chi connectivity index (χ2v) is 20.0. The topological polar surface area (TPSA) is 303 Å². The molecular weight excluding hydrogens is 1170 g/mol. The molecule has 0 unspecified atom stereocenters. The molecule has 5 rings (SSSR count). The van der Waals surface area contributed by atoms with Crippen molar-refractivity contribution >= 4 is 51.4 Å². The molecule has 3 aromatic rings. The highest BCUT2D eigenvalue weighted by Crippen LogP contribution is 2.34. The summed E-state index contributed by atoms with van der Waals surface area (Å²) in [5.41, 5.74) is 9.86. The summed E-state index contributed by atoms with van der Waals surface area (Å²) in [7, 11) is -5.65. The van der Waals surface area contributed by atoms with Gasteiger partial charge in [0.15, 0.2) is 16.5 Å². The number of halogens is 4. The summed E-state index contributed by atoms with van der Waals surface area (Å²) in [5, 5.41) is 4.24. The van der Waals surface area contributed by atoms with Gasteiger partial charge in [-0.2, -0.15) is 17.2 Å². The number of hydrogen-bond donors (Lipinski definition) is 3. The Morgan fingerprint density at radius 3 is 1.67 bits per heavy atom. The van der Waals surface area contributed by atoms with Crippen LogP contribution in [-0.2, 0) is 76.7 Å². The van der Waals surface area contributed by atoms with Gasteiger partial charge in [0, 0.05) is 49.0 Å². The van der Waals surface area contributed by atoms with Gasteiger partial charge < -0.3 is 68.1 Å². The van der Waals surface area contributed by atoms with E-state index in [-0.39, 0.29) is 76.0 Å². The van der Waals surface area contributed by atoms with Crippen LogP contribution in [0, 0.1) is 23.3 Å². The Morgan fingerprint density at radius 1 is 0.698 bits per heavy atom. The minimum atomic E-state index is -5.65. The fourth-order valence-corrected chi connectivity index (χ4v) is 8.88. The highest BCUT2D eigenvalue weighted by atomic mass is 32.2. The number of amides is 3. The summed E-state index contributed by atoms with van der Waals surface area (Å²) >= 11 is 0. The molecule has 25 nitrogen and oxygen atoms in total. The number of esters is 1. The van der Waals surface area contributed by atoms with Crippen molar-refractivity contribution < 1.29 is 107 Å². The number of likely N-dealkylation sites (tertiary alicyclic amines) is 1. The van der Waals surface area contributed by atoms with E-state index in [1.165, 1.54) is 5.06 Å². The third-order valence-corrected chi connectivity index (χ3v) is 13.2. The molecule has 478 valence electrons. The second-order valence-electron chi connectivity index (χ2n) is 18.7. The lowest BCUT2D eigenvalue weighted by Crippen LogP contribution is -2.46. The maximum Gasteiger partial charge on any atom is 0.313 e. The number of rotatable bonds is 43. The highest BCUT2D eigenvalue weighted by Gasteiger charge is 2.36. The predicted molar refractivity (Wildman–Crippen MR) is 299 cm³/mol. The lowest BCUT2D eigenvalue weighted by atomic mass is 10.0. The summed E-state index contributed by atoms with van der Waals surface area (Å²) < 4.78 is 145. The smallest absolute Gasteiger partial charge is 0.313 e. The minimum absolute atomic E-state index is 0.0130. The molecule has 1 fully saturated rings. The van der Waals surface area contributed by atoms with Crippen LogP contribution < -0.4 is 15.8 Å². The molecule has 0 spiro atoms. The van der Waals surface area contributed by atoms with Gasteiger partial charge in [-0.3, -0.25) is 33.6 Å². The van der Waals surface area contributed by atoms with Crippen LogP contribution in [0.3, 0.4) is 0 Å². The lowest BCUT2D eigenvalue weighted by Gasteiger charge is -2.23. The molecule has 2 aliphatic rings. The number of amidine groups is 1. The minimum Gasteiger partial charge on any atom is -0.420 e. The normalized spacial score (nSPS) is 14.2. The van der Waals surface area contributed by atoms with Crippen LogP contribution in [0.15, 0.2) is 52.0 Å². The third kappa shape index (κ3) is 23.9. The molecule has 1 atom stereocenters. The van der Waals surface area contributed by atoms with E-state index in [1.54, 1.807) is 29.3 Å². The first kappa shape index (κ1) is 70.6. The first-order chi connectivity index (χ1) is 41.5. The first-order valence-electron chi connectivity index (χ1n) is 28.0. The van der Waals surface area contributed by atoms with Gasteiger partial charge in [0.1, 0.15) is 17.6 Å². The molecule has 0 saturated carbocycles. The van der Waals surface area contributed by atoms with Crippen molar-refractivity contribution in [3.8, 4) is 16.9 Å². The molecule has 30 heteroatoms. The van der Waals surface area contributed by atoms with Gasteiger partial charge in [0.05, 0.1) is 151 Å². The zero-order chi connectivity index (χ0) is 62.1. The average molecular weight is 1250 g/mol. The van der Waals surface area contributed by atoms with Crippen molar-refractivity contribution in [3.63, 3.8) is 0 Å². The number of ether oxygens (including phenoxy) is 11. The number of hydroxylamine groups is 2. The molecule has 2 aromatic carbocycles. The molecule has 3 amide bonds. The van der Waals surface area contributed by atoms with Crippen LogP contribution >= 0.6 is 0 Å². The molecule has 0 aliphatic carbocycles. The summed E-state index contributed by atoms with van der Waals surface area (Å²) in [5.74, 6) is -13.2. The molecule has 2 aliphatic heterocycles. The number of nitrogens with zero attached hydrogens (tertiary/aromatic N) is 4. The second kappa shape index (κ2) is 38.9. The Hall–Kier alpha value is -6.13. The number of carbonyl (C=O) groups excluding carboxylic acids is 4. The van der Waals surface area contributed by atoms with Crippen LogP contribution in [0.1, 0.15) is 62.0 Å². The Balaban J connectivity index is 0.766. The Bertz CT molecular complexity index is 2770. The van der Waals surface area contributed by atoms with E-state index in [9.17, 15) is 45.2 Å². The zero-order valence-electron chi connectivity index (χ0n) is 48.2. The van der Waals surface area contributed by atoms with E-state index >= 15 is 0 Å². The van der Waals surface area contributed by atoms with E-state index in [2.05, 4.69) is 20.0 Å². The van der Waals surface area contributed by atoms with Crippen molar-refractivity contribution in [3.05, 3.63) is 76.6 Å². The molecule has 0 radical (unpaired) electrons. The van der Waals surface area contributed by atoms with E-state index < -0.39 is 62.5 Å². The fourth-order valence-electron chi connectivity index (χ4n) is 8.25.